The van der Waals surface area contributed by atoms with Crippen molar-refractivity contribution in [1.29, 1.82) is 5.26 Å². The Morgan fingerprint density at radius 1 is 1.08 bits per heavy atom. The Hall–Kier alpha value is -2.50. The summed E-state index contributed by atoms with van der Waals surface area (Å²) in [5.41, 5.74) is 0.404. The van der Waals surface area contributed by atoms with Gasteiger partial charge in [-0.25, -0.2) is 21.9 Å². The Morgan fingerprint density at radius 3 is 2.21 bits per heavy atom. The molecule has 0 aliphatic heterocycles. The van der Waals surface area contributed by atoms with E-state index >= 15 is 0 Å². The molecule has 0 aliphatic carbocycles. The summed E-state index contributed by atoms with van der Waals surface area (Å²) in [4.78, 5) is 0.115. The van der Waals surface area contributed by atoms with E-state index in [-0.39, 0.29) is 23.5 Å². The summed E-state index contributed by atoms with van der Waals surface area (Å²) >= 11 is 0. The lowest BCUT2D eigenvalue weighted by atomic mass is 10.2. The van der Waals surface area contributed by atoms with Gasteiger partial charge < -0.3 is 5.32 Å². The molecule has 0 atom stereocenters. The smallest absolute Gasteiger partial charge is 0.240 e. The van der Waals surface area contributed by atoms with Gasteiger partial charge in [0.25, 0.3) is 0 Å². The molecule has 0 saturated heterocycles. The molecule has 0 aliphatic rings. The van der Waals surface area contributed by atoms with E-state index in [0.29, 0.717) is 0 Å². The molecule has 2 aromatic rings. The summed E-state index contributed by atoms with van der Waals surface area (Å²) in [5, 5.41) is 11.1. The predicted molar refractivity (Wildman–Crippen MR) is 85.9 cm³/mol. The van der Waals surface area contributed by atoms with Crippen LogP contribution in [0.2, 0.25) is 0 Å². The predicted octanol–water partition coefficient (Wildman–Crippen LogP) is 2.54. The molecule has 0 spiro atoms. The standard InChI is InChI=1S/C16H15F2N3O2S/c1-11-2-4-13(5-3-11)24(22,23)21-7-6-20-16-14(17)8-12(10-19)9-15(16)18/h2-5,8-9,20-21H,6-7H2,1H3. The average Bonchev–Trinajstić information content (AvgIpc) is 2.53. The van der Waals surface area contributed by atoms with E-state index in [1.165, 1.54) is 12.1 Å². The third-order valence-corrected chi connectivity index (χ3v) is 4.70. The fourth-order valence-corrected chi connectivity index (χ4v) is 3.01. The number of sulfonamides is 1. The highest BCUT2D eigenvalue weighted by molar-refractivity contribution is 7.89. The molecule has 0 aromatic heterocycles. The number of hydrogen-bond acceptors (Lipinski definition) is 4. The lowest BCUT2D eigenvalue weighted by molar-refractivity contribution is 0.581. The second kappa shape index (κ2) is 7.38. The van der Waals surface area contributed by atoms with Gasteiger partial charge >= 0.3 is 0 Å². The minimum Gasteiger partial charge on any atom is -0.379 e. The highest BCUT2D eigenvalue weighted by Gasteiger charge is 2.14. The molecule has 5 nitrogen and oxygen atoms in total. The minimum absolute atomic E-state index is 0.0230. The second-order valence-corrected chi connectivity index (χ2v) is 6.83. The normalized spacial score (nSPS) is 11.1. The number of nitrogens with one attached hydrogen (secondary N) is 2. The topological polar surface area (TPSA) is 82.0 Å². The van der Waals surface area contributed by atoms with E-state index in [1.807, 2.05) is 6.92 Å². The van der Waals surface area contributed by atoms with Gasteiger partial charge in [0.05, 0.1) is 16.5 Å². The zero-order chi connectivity index (χ0) is 17.7. The van der Waals surface area contributed by atoms with Crippen molar-refractivity contribution in [3.8, 4) is 6.07 Å². The van der Waals surface area contributed by atoms with Gasteiger partial charge in [-0.2, -0.15) is 5.26 Å². The molecule has 0 bridgehead atoms. The maximum atomic E-state index is 13.7. The van der Waals surface area contributed by atoms with E-state index in [2.05, 4.69) is 10.0 Å². The number of anilines is 1. The van der Waals surface area contributed by atoms with Crippen molar-refractivity contribution in [3.05, 3.63) is 59.2 Å². The van der Waals surface area contributed by atoms with Crippen molar-refractivity contribution in [2.45, 2.75) is 11.8 Å². The van der Waals surface area contributed by atoms with Crippen LogP contribution in [0.3, 0.4) is 0 Å². The fourth-order valence-electron chi connectivity index (χ4n) is 1.98. The maximum absolute atomic E-state index is 13.7. The third-order valence-electron chi connectivity index (χ3n) is 3.22. The van der Waals surface area contributed by atoms with Gasteiger partial charge in [-0.3, -0.25) is 0 Å². The Balaban J connectivity index is 1.96. The lowest BCUT2D eigenvalue weighted by Gasteiger charge is -2.10. The van der Waals surface area contributed by atoms with Crippen molar-refractivity contribution < 1.29 is 17.2 Å². The number of hydrogen-bond donors (Lipinski definition) is 2. The largest absolute Gasteiger partial charge is 0.379 e. The number of nitrogens with zero attached hydrogens (tertiary/aromatic N) is 1. The molecule has 0 unspecified atom stereocenters. The van der Waals surface area contributed by atoms with E-state index in [4.69, 9.17) is 5.26 Å². The van der Waals surface area contributed by atoms with Crippen molar-refractivity contribution >= 4 is 15.7 Å². The molecule has 0 amide bonds. The van der Waals surface area contributed by atoms with Crippen LogP contribution in [0.4, 0.5) is 14.5 Å². The highest BCUT2D eigenvalue weighted by atomic mass is 32.2. The first-order chi connectivity index (χ1) is 11.3. The number of nitriles is 1. The second-order valence-electron chi connectivity index (χ2n) is 5.06. The quantitative estimate of drug-likeness (QED) is 0.784. The van der Waals surface area contributed by atoms with E-state index in [9.17, 15) is 17.2 Å². The highest BCUT2D eigenvalue weighted by Crippen LogP contribution is 2.20. The van der Waals surface area contributed by atoms with Crippen LogP contribution in [0, 0.1) is 29.9 Å². The third kappa shape index (κ3) is 4.28. The van der Waals surface area contributed by atoms with E-state index in [0.717, 1.165) is 17.7 Å². The molecule has 0 saturated carbocycles. The first kappa shape index (κ1) is 17.8. The van der Waals surface area contributed by atoms with Gasteiger partial charge in [-0.15, -0.1) is 0 Å². The van der Waals surface area contributed by atoms with Crippen LogP contribution in [-0.4, -0.2) is 21.5 Å². The summed E-state index contributed by atoms with van der Waals surface area (Å²) in [7, 11) is -3.68. The van der Waals surface area contributed by atoms with Gasteiger partial charge in [0.1, 0.15) is 5.69 Å². The van der Waals surface area contributed by atoms with Gasteiger partial charge in [-0.05, 0) is 31.2 Å². The molecule has 0 heterocycles. The van der Waals surface area contributed by atoms with Crippen LogP contribution in [0.15, 0.2) is 41.3 Å². The van der Waals surface area contributed by atoms with Crippen molar-refractivity contribution in [3.63, 3.8) is 0 Å². The zero-order valence-corrected chi connectivity index (χ0v) is 13.6. The summed E-state index contributed by atoms with van der Waals surface area (Å²) < 4.78 is 53.8. The van der Waals surface area contributed by atoms with E-state index in [1.54, 1.807) is 18.2 Å². The molecular weight excluding hydrogens is 336 g/mol. The van der Waals surface area contributed by atoms with Crippen molar-refractivity contribution in [2.75, 3.05) is 18.4 Å². The first-order valence-electron chi connectivity index (χ1n) is 7.03. The van der Waals surface area contributed by atoms with Crippen molar-refractivity contribution in [1.82, 2.24) is 4.72 Å². The average molecular weight is 351 g/mol. The Labute approximate surface area is 139 Å². The zero-order valence-electron chi connectivity index (χ0n) is 12.8. The summed E-state index contributed by atoms with van der Waals surface area (Å²) in [6.45, 7) is 1.76. The Bertz CT molecular complexity index is 852. The molecule has 0 radical (unpaired) electrons. The number of rotatable bonds is 6. The number of benzene rings is 2. The summed E-state index contributed by atoms with van der Waals surface area (Å²) in [5.74, 6) is -1.82. The van der Waals surface area contributed by atoms with Crippen molar-refractivity contribution in [2.24, 2.45) is 0 Å². The number of halogens is 2. The monoisotopic (exact) mass is 351 g/mol. The molecule has 2 N–H and O–H groups in total. The van der Waals surface area contributed by atoms with E-state index < -0.39 is 27.3 Å². The molecule has 2 rings (SSSR count). The molecule has 126 valence electrons. The first-order valence-corrected chi connectivity index (χ1v) is 8.51. The van der Waals surface area contributed by atoms with Crippen LogP contribution in [0.5, 0.6) is 0 Å². The molecular formula is C16H15F2N3O2S. The van der Waals surface area contributed by atoms with Crippen LogP contribution in [0.25, 0.3) is 0 Å². The number of aryl methyl sites for hydroxylation is 1. The Morgan fingerprint density at radius 2 is 1.67 bits per heavy atom. The SMILES string of the molecule is Cc1ccc(S(=O)(=O)NCCNc2c(F)cc(C#N)cc2F)cc1. The molecule has 8 heteroatoms. The fraction of sp³-hybridized carbons (Fsp3) is 0.188. The molecule has 0 fully saturated rings. The Kier molecular flexibility index (Phi) is 5.49. The molecule has 24 heavy (non-hydrogen) atoms. The van der Waals surface area contributed by atoms with Crippen LogP contribution in [-0.2, 0) is 10.0 Å². The maximum Gasteiger partial charge on any atom is 0.240 e. The lowest BCUT2D eigenvalue weighted by Crippen LogP contribution is -2.29. The van der Waals surface area contributed by atoms with Gasteiger partial charge in [0, 0.05) is 13.1 Å². The summed E-state index contributed by atoms with van der Waals surface area (Å²) in [6.07, 6.45) is 0. The molecule has 2 aromatic carbocycles. The van der Waals surface area contributed by atoms with Crippen LogP contribution < -0.4 is 10.0 Å². The van der Waals surface area contributed by atoms with Gasteiger partial charge in [0.2, 0.25) is 10.0 Å². The van der Waals surface area contributed by atoms with Gasteiger partial charge in [0.15, 0.2) is 11.6 Å². The van der Waals surface area contributed by atoms with Crippen LogP contribution in [0.1, 0.15) is 11.1 Å². The van der Waals surface area contributed by atoms with Crippen LogP contribution >= 0.6 is 0 Å². The summed E-state index contributed by atoms with van der Waals surface area (Å²) in [6, 6.07) is 9.76. The van der Waals surface area contributed by atoms with Gasteiger partial charge in [-0.1, -0.05) is 17.7 Å². The minimum atomic E-state index is -3.68.